The first-order valence-electron chi connectivity index (χ1n) is 7.85. The summed E-state index contributed by atoms with van der Waals surface area (Å²) in [6, 6.07) is 10.8. The van der Waals surface area contributed by atoms with Gasteiger partial charge in [0.15, 0.2) is 0 Å². The van der Waals surface area contributed by atoms with E-state index in [9.17, 15) is 14.0 Å². The lowest BCUT2D eigenvalue weighted by molar-refractivity contribution is -0.118. The van der Waals surface area contributed by atoms with Crippen LogP contribution in [0.25, 0.3) is 0 Å². The predicted octanol–water partition coefficient (Wildman–Crippen LogP) is 3.65. The van der Waals surface area contributed by atoms with Crippen LogP contribution in [-0.4, -0.2) is 24.4 Å². The first-order valence-corrected chi connectivity index (χ1v) is 8.23. The Labute approximate surface area is 149 Å². The van der Waals surface area contributed by atoms with Crippen LogP contribution in [0.4, 0.5) is 21.5 Å². The van der Waals surface area contributed by atoms with Crippen molar-refractivity contribution in [1.29, 1.82) is 0 Å². The van der Waals surface area contributed by atoms with E-state index in [1.165, 1.54) is 18.2 Å². The Balaban J connectivity index is 1.81. The number of nitrogens with one attached hydrogen (secondary N) is 2. The van der Waals surface area contributed by atoms with Crippen molar-refractivity contribution in [2.75, 3.05) is 22.1 Å². The fourth-order valence-corrected chi connectivity index (χ4v) is 3.09. The molecule has 3 rings (SSSR count). The number of hydrogen-bond acceptors (Lipinski definition) is 3. The molecule has 0 fully saturated rings. The van der Waals surface area contributed by atoms with Crippen molar-refractivity contribution in [3.8, 4) is 0 Å². The SMILES string of the molecule is CC1CC(=O)Nc2ccccc2N1C(=O)CNc1ccc(F)cc1Cl. The lowest BCUT2D eigenvalue weighted by Crippen LogP contribution is -2.42. The normalized spacial score (nSPS) is 16.7. The second-order valence-electron chi connectivity index (χ2n) is 5.86. The summed E-state index contributed by atoms with van der Waals surface area (Å²) in [5.74, 6) is -0.789. The third-order valence-electron chi connectivity index (χ3n) is 3.99. The van der Waals surface area contributed by atoms with E-state index in [4.69, 9.17) is 11.6 Å². The minimum Gasteiger partial charge on any atom is -0.375 e. The largest absolute Gasteiger partial charge is 0.375 e. The molecule has 2 aromatic carbocycles. The lowest BCUT2D eigenvalue weighted by Gasteiger charge is -2.28. The molecule has 1 atom stereocenters. The number of hydrogen-bond donors (Lipinski definition) is 2. The molecule has 2 amide bonds. The molecule has 2 aromatic rings. The van der Waals surface area contributed by atoms with Gasteiger partial charge in [-0.15, -0.1) is 0 Å². The second-order valence-corrected chi connectivity index (χ2v) is 6.27. The first-order chi connectivity index (χ1) is 12.0. The van der Waals surface area contributed by atoms with Crippen LogP contribution in [0, 0.1) is 5.82 Å². The van der Waals surface area contributed by atoms with Gasteiger partial charge in [0.05, 0.1) is 28.6 Å². The zero-order valence-corrected chi connectivity index (χ0v) is 14.3. The smallest absolute Gasteiger partial charge is 0.246 e. The van der Waals surface area contributed by atoms with Gasteiger partial charge in [0, 0.05) is 12.5 Å². The topological polar surface area (TPSA) is 61.4 Å². The molecule has 0 bridgehead atoms. The minimum atomic E-state index is -0.443. The summed E-state index contributed by atoms with van der Waals surface area (Å²) in [5.41, 5.74) is 1.73. The van der Waals surface area contributed by atoms with E-state index in [0.717, 1.165) is 0 Å². The van der Waals surface area contributed by atoms with Gasteiger partial charge in [-0.2, -0.15) is 0 Å². The minimum absolute atomic E-state index is 0.0295. The maximum Gasteiger partial charge on any atom is 0.246 e. The number of nitrogens with zero attached hydrogens (tertiary/aromatic N) is 1. The molecular formula is C18H17ClFN3O2. The molecule has 0 radical (unpaired) electrons. The average molecular weight is 362 g/mol. The third kappa shape index (κ3) is 3.74. The van der Waals surface area contributed by atoms with Crippen LogP contribution in [0.2, 0.25) is 5.02 Å². The first kappa shape index (κ1) is 17.2. The fraction of sp³-hybridized carbons (Fsp3) is 0.222. The molecule has 1 aliphatic heterocycles. The highest BCUT2D eigenvalue weighted by Gasteiger charge is 2.29. The number of amides is 2. The van der Waals surface area contributed by atoms with Gasteiger partial charge in [-0.1, -0.05) is 23.7 Å². The van der Waals surface area contributed by atoms with Crippen LogP contribution in [0.15, 0.2) is 42.5 Å². The van der Waals surface area contributed by atoms with Gasteiger partial charge in [-0.3, -0.25) is 9.59 Å². The fourth-order valence-electron chi connectivity index (χ4n) is 2.86. The summed E-state index contributed by atoms with van der Waals surface area (Å²) in [6.45, 7) is 1.79. The van der Waals surface area contributed by atoms with Crippen molar-refractivity contribution in [2.24, 2.45) is 0 Å². The molecule has 5 nitrogen and oxygen atoms in total. The van der Waals surface area contributed by atoms with E-state index in [2.05, 4.69) is 10.6 Å². The zero-order valence-electron chi connectivity index (χ0n) is 13.6. The van der Waals surface area contributed by atoms with Crippen molar-refractivity contribution in [3.05, 3.63) is 53.3 Å². The molecule has 0 spiro atoms. The Bertz CT molecular complexity index is 828. The summed E-state index contributed by atoms with van der Waals surface area (Å²) >= 11 is 5.97. The van der Waals surface area contributed by atoms with Crippen molar-refractivity contribution in [3.63, 3.8) is 0 Å². The highest BCUT2D eigenvalue weighted by molar-refractivity contribution is 6.33. The molecule has 0 saturated carbocycles. The highest BCUT2D eigenvalue weighted by Crippen LogP contribution is 2.31. The Morgan fingerprint density at radius 1 is 1.36 bits per heavy atom. The Kier molecular flexibility index (Phi) is 4.90. The number of rotatable bonds is 3. The number of anilines is 3. The van der Waals surface area contributed by atoms with Gasteiger partial charge in [-0.05, 0) is 37.3 Å². The number of benzene rings is 2. The van der Waals surface area contributed by atoms with Gasteiger partial charge in [0.25, 0.3) is 0 Å². The molecule has 1 unspecified atom stereocenters. The van der Waals surface area contributed by atoms with E-state index in [1.807, 2.05) is 13.0 Å². The van der Waals surface area contributed by atoms with Crippen molar-refractivity contribution in [1.82, 2.24) is 0 Å². The standard InChI is InChI=1S/C18H17ClFN3O2/c1-11-8-17(24)22-15-4-2-3-5-16(15)23(11)18(25)10-21-14-7-6-12(20)9-13(14)19/h2-7,9,11,21H,8,10H2,1H3,(H,22,24). The Morgan fingerprint density at radius 3 is 2.88 bits per heavy atom. The van der Waals surface area contributed by atoms with Gasteiger partial charge in [-0.25, -0.2) is 4.39 Å². The van der Waals surface area contributed by atoms with Crippen LogP contribution in [0.3, 0.4) is 0 Å². The summed E-state index contributed by atoms with van der Waals surface area (Å²) in [6.07, 6.45) is 0.206. The molecule has 0 aliphatic carbocycles. The molecular weight excluding hydrogens is 345 g/mol. The molecule has 0 saturated heterocycles. The number of fused-ring (bicyclic) bond motifs is 1. The number of carbonyl (C=O) groups excluding carboxylic acids is 2. The maximum atomic E-state index is 13.1. The molecule has 1 aliphatic rings. The molecule has 130 valence electrons. The van der Waals surface area contributed by atoms with Crippen LogP contribution in [0.1, 0.15) is 13.3 Å². The van der Waals surface area contributed by atoms with Crippen molar-refractivity contribution in [2.45, 2.75) is 19.4 Å². The lowest BCUT2D eigenvalue weighted by atomic mass is 10.1. The molecule has 1 heterocycles. The Hall–Kier alpha value is -2.60. The summed E-state index contributed by atoms with van der Waals surface area (Å²) < 4.78 is 13.1. The van der Waals surface area contributed by atoms with E-state index in [1.54, 1.807) is 23.1 Å². The van der Waals surface area contributed by atoms with Gasteiger partial charge < -0.3 is 15.5 Å². The van der Waals surface area contributed by atoms with Crippen molar-refractivity contribution < 1.29 is 14.0 Å². The van der Waals surface area contributed by atoms with E-state index < -0.39 is 5.82 Å². The van der Waals surface area contributed by atoms with Crippen molar-refractivity contribution >= 4 is 40.5 Å². The van der Waals surface area contributed by atoms with Crippen LogP contribution in [-0.2, 0) is 9.59 Å². The predicted molar refractivity (Wildman–Crippen MR) is 96.5 cm³/mol. The molecule has 25 heavy (non-hydrogen) atoms. The van der Waals surface area contributed by atoms with Crippen LogP contribution < -0.4 is 15.5 Å². The number of carbonyl (C=O) groups is 2. The second kappa shape index (κ2) is 7.11. The monoisotopic (exact) mass is 361 g/mol. The summed E-state index contributed by atoms with van der Waals surface area (Å²) in [5, 5.41) is 5.94. The summed E-state index contributed by atoms with van der Waals surface area (Å²) in [7, 11) is 0. The Morgan fingerprint density at radius 2 is 2.12 bits per heavy atom. The van der Waals surface area contributed by atoms with Gasteiger partial charge in [0.2, 0.25) is 11.8 Å². The number of para-hydroxylation sites is 2. The third-order valence-corrected chi connectivity index (χ3v) is 4.30. The average Bonchev–Trinajstić information content (AvgIpc) is 2.68. The van der Waals surface area contributed by atoms with Crippen LogP contribution >= 0.6 is 11.6 Å². The maximum absolute atomic E-state index is 13.1. The summed E-state index contributed by atoms with van der Waals surface area (Å²) in [4.78, 5) is 26.3. The number of halogens is 2. The zero-order chi connectivity index (χ0) is 18.0. The molecule has 2 N–H and O–H groups in total. The van der Waals surface area contributed by atoms with E-state index >= 15 is 0 Å². The van der Waals surface area contributed by atoms with Crippen LogP contribution in [0.5, 0.6) is 0 Å². The highest BCUT2D eigenvalue weighted by atomic mass is 35.5. The van der Waals surface area contributed by atoms with Gasteiger partial charge in [0.1, 0.15) is 5.82 Å². The molecule has 7 heteroatoms. The van der Waals surface area contributed by atoms with E-state index in [-0.39, 0.29) is 35.8 Å². The molecule has 0 aromatic heterocycles. The van der Waals surface area contributed by atoms with E-state index in [0.29, 0.717) is 17.1 Å². The quantitative estimate of drug-likeness (QED) is 0.877. The van der Waals surface area contributed by atoms with Gasteiger partial charge >= 0.3 is 0 Å².